The zero-order valence-corrected chi connectivity index (χ0v) is 27.7. The van der Waals surface area contributed by atoms with E-state index in [9.17, 15) is 18.3 Å². The Morgan fingerprint density at radius 3 is 2.60 bits per heavy atom. The highest BCUT2D eigenvalue weighted by Crippen LogP contribution is 2.60. The molecule has 3 aromatic rings. The maximum absolute atomic E-state index is 13.7. The fourth-order valence-electron chi connectivity index (χ4n) is 6.91. The molecule has 2 amide bonds. The number of aryl methyl sites for hydroxylation is 1. The minimum atomic E-state index is -3.81. The summed E-state index contributed by atoms with van der Waals surface area (Å²) < 4.78 is 39.0. The van der Waals surface area contributed by atoms with Crippen LogP contribution in [-0.2, 0) is 28.5 Å². The van der Waals surface area contributed by atoms with Gasteiger partial charge < -0.3 is 30.2 Å². The van der Waals surface area contributed by atoms with E-state index >= 15 is 0 Å². The molecule has 0 fully saturated rings. The Kier molecular flexibility index (Phi) is 8.59. The van der Waals surface area contributed by atoms with E-state index in [1.54, 1.807) is 36.3 Å². The lowest BCUT2D eigenvalue weighted by Gasteiger charge is -2.44. The summed E-state index contributed by atoms with van der Waals surface area (Å²) in [6.07, 6.45) is 2.38. The monoisotopic (exact) mass is 696 g/mol. The van der Waals surface area contributed by atoms with E-state index in [1.165, 1.54) is 0 Å². The number of nitrogens with zero attached hydrogens (tertiary/aromatic N) is 1. The number of urea groups is 1. The molecule has 12 heteroatoms. The number of hydrogen-bond donors (Lipinski definition) is 4. The largest absolute Gasteiger partial charge is 0.495 e. The summed E-state index contributed by atoms with van der Waals surface area (Å²) in [5.41, 5.74) is 6.83. The third-order valence-corrected chi connectivity index (χ3v) is 11.3. The van der Waals surface area contributed by atoms with Crippen molar-refractivity contribution < 1.29 is 27.8 Å². The van der Waals surface area contributed by atoms with Gasteiger partial charge in [0.25, 0.3) is 10.0 Å². The highest BCUT2D eigenvalue weighted by Gasteiger charge is 2.58. The summed E-state index contributed by atoms with van der Waals surface area (Å²) in [5, 5.41) is 13.7. The second-order valence-electron chi connectivity index (χ2n) is 12.0. The number of rotatable bonds is 8. The molecule has 3 aliphatic rings. The Morgan fingerprint density at radius 1 is 1.18 bits per heavy atom. The number of amides is 2. The predicted molar refractivity (Wildman–Crippen MR) is 173 cm³/mol. The van der Waals surface area contributed by atoms with E-state index in [4.69, 9.17) is 9.47 Å². The standard InChI is InChI=1S/C33H37BrN4O6S/c1-20-9-11-26(12-10-20)45(41,42)37-36-24-13-21(2)33-16-25(19-39)38(32(40)35-17-22-7-5-4-6-8-22)18-23-14-27(43-3)30(34)31(29(23)33)44-28(33)15-24/h4-12,14-15,21,25,28,36-37,39H,13,16-19H2,1-3H3,(H,35,40)/t21-,25+,28-,33+/m1/s1. The van der Waals surface area contributed by atoms with Gasteiger partial charge in [-0.1, -0.05) is 55.0 Å². The average Bonchev–Trinajstić information content (AvgIpc) is 3.30. The lowest BCUT2D eigenvalue weighted by molar-refractivity contribution is 0.0669. The number of allylic oxidation sites excluding steroid dienone is 1. The van der Waals surface area contributed by atoms with E-state index in [2.05, 4.69) is 38.4 Å². The summed E-state index contributed by atoms with van der Waals surface area (Å²) in [4.78, 5) is 18.1. The van der Waals surface area contributed by atoms with Crippen LogP contribution in [-0.4, -0.2) is 50.3 Å². The van der Waals surface area contributed by atoms with Crippen LogP contribution in [0.5, 0.6) is 11.5 Å². The molecule has 6 rings (SSSR count). The van der Waals surface area contributed by atoms with Gasteiger partial charge in [0.15, 0.2) is 0 Å². The van der Waals surface area contributed by atoms with E-state index < -0.39 is 27.6 Å². The Labute approximate surface area is 272 Å². The molecule has 0 saturated carbocycles. The zero-order valence-electron chi connectivity index (χ0n) is 25.3. The van der Waals surface area contributed by atoms with Gasteiger partial charge in [-0.15, -0.1) is 4.83 Å². The van der Waals surface area contributed by atoms with Gasteiger partial charge in [-0.2, -0.15) is 0 Å². The predicted octanol–water partition coefficient (Wildman–Crippen LogP) is 4.65. The Hall–Kier alpha value is -3.58. The van der Waals surface area contributed by atoms with Gasteiger partial charge in [0.1, 0.15) is 22.1 Å². The van der Waals surface area contributed by atoms with Crippen LogP contribution in [0.3, 0.4) is 0 Å². The number of sulfonamides is 1. The summed E-state index contributed by atoms with van der Waals surface area (Å²) in [7, 11) is -2.23. The molecule has 1 aliphatic carbocycles. The Balaban J connectivity index is 1.33. The van der Waals surface area contributed by atoms with Crippen LogP contribution in [0, 0.1) is 12.8 Å². The van der Waals surface area contributed by atoms with Crippen LogP contribution in [0.15, 0.2) is 81.8 Å². The molecule has 2 heterocycles. The molecule has 0 aromatic heterocycles. The number of carbonyl (C=O) groups excluding carboxylic acids is 1. The van der Waals surface area contributed by atoms with E-state index in [1.807, 2.05) is 49.4 Å². The van der Waals surface area contributed by atoms with Crippen LogP contribution in [0.4, 0.5) is 4.79 Å². The number of halogens is 1. The van der Waals surface area contributed by atoms with Gasteiger partial charge >= 0.3 is 6.03 Å². The first-order valence-corrected chi connectivity index (χ1v) is 17.2. The van der Waals surface area contributed by atoms with Crippen molar-refractivity contribution in [3.8, 4) is 11.5 Å². The van der Waals surface area contributed by atoms with Crippen LogP contribution in [0.2, 0.25) is 0 Å². The smallest absolute Gasteiger partial charge is 0.318 e. The highest BCUT2D eigenvalue weighted by atomic mass is 79.9. The molecule has 45 heavy (non-hydrogen) atoms. The first kappa shape index (κ1) is 31.4. The maximum Gasteiger partial charge on any atom is 0.318 e. The van der Waals surface area contributed by atoms with E-state index in [0.717, 1.165) is 22.3 Å². The van der Waals surface area contributed by atoms with Crippen molar-refractivity contribution in [3.05, 3.63) is 99.2 Å². The number of aliphatic hydroxyl groups is 1. The molecule has 0 bridgehead atoms. The maximum atomic E-state index is 13.7. The van der Waals surface area contributed by atoms with Crippen LogP contribution < -0.4 is 25.0 Å². The average molecular weight is 698 g/mol. The van der Waals surface area contributed by atoms with Crippen molar-refractivity contribution in [1.29, 1.82) is 0 Å². The Bertz CT molecular complexity index is 1730. The lowest BCUT2D eigenvalue weighted by atomic mass is 9.60. The number of methoxy groups -OCH3 is 1. The molecule has 0 unspecified atom stereocenters. The van der Waals surface area contributed by atoms with Gasteiger partial charge in [0.05, 0.1) is 24.7 Å². The fraction of sp³-hybridized carbons (Fsp3) is 0.364. The van der Waals surface area contributed by atoms with Gasteiger partial charge in [-0.25, -0.2) is 13.2 Å². The normalized spacial score (nSPS) is 23.6. The Morgan fingerprint density at radius 2 is 1.91 bits per heavy atom. The molecule has 238 valence electrons. The molecule has 3 aromatic carbocycles. The summed E-state index contributed by atoms with van der Waals surface area (Å²) in [6, 6.07) is 17.5. The van der Waals surface area contributed by atoms with Crippen molar-refractivity contribution in [2.24, 2.45) is 5.92 Å². The third-order valence-electron chi connectivity index (χ3n) is 9.26. The number of hydrazine groups is 1. The first-order chi connectivity index (χ1) is 21.6. The fourth-order valence-corrected chi connectivity index (χ4v) is 8.36. The molecular formula is C33H37BrN4O6S. The first-order valence-electron chi connectivity index (χ1n) is 14.9. The third kappa shape index (κ3) is 5.69. The van der Waals surface area contributed by atoms with Crippen molar-refractivity contribution >= 4 is 32.0 Å². The summed E-state index contributed by atoms with van der Waals surface area (Å²) in [6.45, 7) is 4.40. The molecule has 0 radical (unpaired) electrons. The molecule has 0 saturated heterocycles. The van der Waals surface area contributed by atoms with Crippen LogP contribution in [0.25, 0.3) is 0 Å². The lowest BCUT2D eigenvalue weighted by Crippen LogP contribution is -2.53. The zero-order chi connectivity index (χ0) is 31.9. The topological polar surface area (TPSA) is 129 Å². The van der Waals surface area contributed by atoms with Gasteiger partial charge in [-0.3, -0.25) is 0 Å². The van der Waals surface area contributed by atoms with Crippen molar-refractivity contribution in [1.82, 2.24) is 20.5 Å². The number of hydrogen-bond acceptors (Lipinski definition) is 7. The molecule has 10 nitrogen and oxygen atoms in total. The second-order valence-corrected chi connectivity index (χ2v) is 14.5. The minimum Gasteiger partial charge on any atom is -0.495 e. The van der Waals surface area contributed by atoms with Gasteiger partial charge in [-0.05, 0) is 77.0 Å². The molecule has 4 atom stereocenters. The highest BCUT2D eigenvalue weighted by molar-refractivity contribution is 9.10. The number of carbonyl (C=O) groups is 1. The number of ether oxygens (including phenoxy) is 2. The SMILES string of the molecule is COc1cc2c3c(c1Br)O[C@@H]1C=C(NNS(=O)(=O)c4ccc(C)cc4)C[C@@H](C)[C@]31C[C@@H](CO)N(C(=O)NCc1ccccc1)C2. The molecule has 4 N–H and O–H groups in total. The van der Waals surface area contributed by atoms with Crippen molar-refractivity contribution in [2.75, 3.05) is 13.7 Å². The number of aliphatic hydroxyl groups excluding tert-OH is 1. The minimum absolute atomic E-state index is 0.0550. The van der Waals surface area contributed by atoms with Gasteiger partial charge in [0.2, 0.25) is 0 Å². The van der Waals surface area contributed by atoms with Crippen molar-refractivity contribution in [3.63, 3.8) is 0 Å². The second kappa shape index (κ2) is 12.3. The number of benzene rings is 3. The summed E-state index contributed by atoms with van der Waals surface area (Å²) in [5.74, 6) is 1.16. The quantitative estimate of drug-likeness (QED) is 0.253. The molecular weight excluding hydrogens is 660 g/mol. The van der Waals surface area contributed by atoms with E-state index in [-0.39, 0.29) is 30.0 Å². The molecule has 2 aliphatic heterocycles. The van der Waals surface area contributed by atoms with E-state index in [0.29, 0.717) is 41.1 Å². The molecule has 1 spiro atoms. The number of nitrogens with one attached hydrogen (secondary N) is 3. The van der Waals surface area contributed by atoms with Crippen LogP contribution in [0.1, 0.15) is 42.0 Å². The summed E-state index contributed by atoms with van der Waals surface area (Å²) >= 11 is 3.69. The van der Waals surface area contributed by atoms with Gasteiger partial charge in [0, 0.05) is 29.8 Å². The van der Waals surface area contributed by atoms with Crippen molar-refractivity contribution in [2.45, 2.75) is 62.2 Å². The van der Waals surface area contributed by atoms with Crippen LogP contribution >= 0.6 is 15.9 Å².